The van der Waals surface area contributed by atoms with Crippen molar-refractivity contribution in [3.05, 3.63) is 62.9 Å². The van der Waals surface area contributed by atoms with Crippen LogP contribution in [0.3, 0.4) is 0 Å². The summed E-state index contributed by atoms with van der Waals surface area (Å²) in [6, 6.07) is 9.08. The number of nitrogens with zero attached hydrogens (tertiary/aromatic N) is 2. The summed E-state index contributed by atoms with van der Waals surface area (Å²) in [5.74, 6) is 0. The predicted molar refractivity (Wildman–Crippen MR) is 79.8 cm³/mol. The van der Waals surface area contributed by atoms with Gasteiger partial charge in [-0.2, -0.15) is 0 Å². The number of aryl methyl sites for hydroxylation is 2. The molecule has 0 unspecified atom stereocenters. The summed E-state index contributed by atoms with van der Waals surface area (Å²) in [4.78, 5) is 23.7. The molecule has 1 aromatic carbocycles. The van der Waals surface area contributed by atoms with Crippen LogP contribution >= 0.6 is 0 Å². The molecule has 0 spiro atoms. The fourth-order valence-corrected chi connectivity index (χ4v) is 2.13. The first-order chi connectivity index (χ1) is 9.61. The molecule has 2 N–H and O–H groups in total. The molecule has 0 aliphatic carbocycles. The van der Waals surface area contributed by atoms with Crippen LogP contribution in [0.1, 0.15) is 18.9 Å². The maximum Gasteiger partial charge on any atom is 0.330 e. The van der Waals surface area contributed by atoms with Crippen molar-refractivity contribution in [2.24, 2.45) is 0 Å². The zero-order valence-electron chi connectivity index (χ0n) is 11.6. The first-order valence-corrected chi connectivity index (χ1v) is 6.76. The van der Waals surface area contributed by atoms with Crippen LogP contribution in [0.2, 0.25) is 0 Å². The zero-order chi connectivity index (χ0) is 14.5. The fourth-order valence-electron chi connectivity index (χ4n) is 2.13. The average Bonchev–Trinajstić information content (AvgIpc) is 2.44. The molecular weight excluding hydrogens is 254 g/mol. The molecule has 0 atom stereocenters. The van der Waals surface area contributed by atoms with Gasteiger partial charge in [0.05, 0.1) is 0 Å². The zero-order valence-corrected chi connectivity index (χ0v) is 11.6. The number of rotatable bonds is 5. The number of nitrogens with two attached hydrogens (primary N) is 1. The second kappa shape index (κ2) is 6.23. The largest absolute Gasteiger partial charge is 0.399 e. The topological polar surface area (TPSA) is 70.0 Å². The third kappa shape index (κ3) is 3.17. The highest BCUT2D eigenvalue weighted by Gasteiger charge is 2.04. The van der Waals surface area contributed by atoms with Crippen molar-refractivity contribution in [1.29, 1.82) is 0 Å². The molecule has 1 heterocycles. The van der Waals surface area contributed by atoms with Gasteiger partial charge in [0.25, 0.3) is 5.56 Å². The van der Waals surface area contributed by atoms with Gasteiger partial charge in [0.15, 0.2) is 0 Å². The van der Waals surface area contributed by atoms with E-state index in [4.69, 9.17) is 5.73 Å². The number of hydrogen-bond acceptors (Lipinski definition) is 3. The number of anilines is 1. The third-order valence-electron chi connectivity index (χ3n) is 3.31. The number of benzene rings is 1. The lowest BCUT2D eigenvalue weighted by Crippen LogP contribution is -2.38. The van der Waals surface area contributed by atoms with Crippen molar-refractivity contribution in [2.75, 3.05) is 5.73 Å². The Hall–Kier alpha value is -2.30. The van der Waals surface area contributed by atoms with Crippen molar-refractivity contribution in [3.63, 3.8) is 0 Å². The second-order valence-corrected chi connectivity index (χ2v) is 4.72. The lowest BCUT2D eigenvalue weighted by molar-refractivity contribution is 0.544. The van der Waals surface area contributed by atoms with Crippen LogP contribution in [-0.4, -0.2) is 9.13 Å². The van der Waals surface area contributed by atoms with Crippen LogP contribution in [0.4, 0.5) is 5.69 Å². The van der Waals surface area contributed by atoms with E-state index >= 15 is 0 Å². The Morgan fingerprint density at radius 1 is 1.10 bits per heavy atom. The van der Waals surface area contributed by atoms with E-state index in [2.05, 4.69) is 0 Å². The van der Waals surface area contributed by atoms with Gasteiger partial charge in [-0.15, -0.1) is 0 Å². The minimum atomic E-state index is -0.239. The van der Waals surface area contributed by atoms with Crippen LogP contribution in [0.5, 0.6) is 0 Å². The van der Waals surface area contributed by atoms with Gasteiger partial charge in [-0.1, -0.05) is 12.1 Å². The molecule has 2 rings (SSSR count). The van der Waals surface area contributed by atoms with Crippen molar-refractivity contribution in [3.8, 4) is 0 Å². The Bertz CT molecular complexity index is 684. The van der Waals surface area contributed by atoms with Crippen molar-refractivity contribution < 1.29 is 0 Å². The molecule has 20 heavy (non-hydrogen) atoms. The molecule has 5 heteroatoms. The summed E-state index contributed by atoms with van der Waals surface area (Å²) in [5, 5.41) is 0. The van der Waals surface area contributed by atoms with Gasteiger partial charge in [0, 0.05) is 31.0 Å². The van der Waals surface area contributed by atoms with E-state index in [1.165, 1.54) is 15.2 Å². The molecule has 0 aliphatic heterocycles. The van der Waals surface area contributed by atoms with Gasteiger partial charge in [0.1, 0.15) is 0 Å². The molecular formula is C15H19N3O2. The van der Waals surface area contributed by atoms with Crippen molar-refractivity contribution in [2.45, 2.75) is 32.9 Å². The van der Waals surface area contributed by atoms with Crippen LogP contribution in [0.15, 0.2) is 46.1 Å². The summed E-state index contributed by atoms with van der Waals surface area (Å²) in [6.07, 6.45) is 3.10. The van der Waals surface area contributed by atoms with E-state index in [0.29, 0.717) is 13.1 Å². The monoisotopic (exact) mass is 273 g/mol. The fraction of sp³-hybridized carbons (Fsp3) is 0.333. The maximum absolute atomic E-state index is 12.0. The predicted octanol–water partition coefficient (Wildman–Crippen LogP) is 1.24. The van der Waals surface area contributed by atoms with Crippen LogP contribution < -0.4 is 17.0 Å². The van der Waals surface area contributed by atoms with Gasteiger partial charge < -0.3 is 10.3 Å². The van der Waals surface area contributed by atoms with Crippen LogP contribution in [0.25, 0.3) is 0 Å². The van der Waals surface area contributed by atoms with E-state index in [-0.39, 0.29) is 11.2 Å². The van der Waals surface area contributed by atoms with E-state index in [0.717, 1.165) is 24.1 Å². The van der Waals surface area contributed by atoms with E-state index < -0.39 is 0 Å². The smallest absolute Gasteiger partial charge is 0.330 e. The molecule has 0 saturated carbocycles. The quantitative estimate of drug-likeness (QED) is 0.833. The summed E-state index contributed by atoms with van der Waals surface area (Å²) < 4.78 is 2.82. The number of nitrogen functional groups attached to an aromatic ring is 1. The standard InChI is InChI=1S/C15H19N3O2/c1-2-17-11-9-14(19)18(15(17)20)10-3-4-12-5-7-13(16)8-6-12/h5-9,11H,2-4,10,16H2,1H3. The summed E-state index contributed by atoms with van der Waals surface area (Å²) >= 11 is 0. The van der Waals surface area contributed by atoms with Gasteiger partial charge in [-0.3, -0.25) is 9.36 Å². The van der Waals surface area contributed by atoms with Gasteiger partial charge in [-0.05, 0) is 37.5 Å². The Labute approximate surface area is 117 Å². The minimum absolute atomic E-state index is 0.239. The summed E-state index contributed by atoms with van der Waals surface area (Å²) in [7, 11) is 0. The minimum Gasteiger partial charge on any atom is -0.399 e. The Balaban J connectivity index is 2.06. The molecule has 1 aromatic heterocycles. The van der Waals surface area contributed by atoms with Crippen molar-refractivity contribution >= 4 is 5.69 Å². The third-order valence-corrected chi connectivity index (χ3v) is 3.31. The average molecular weight is 273 g/mol. The lowest BCUT2D eigenvalue weighted by Gasteiger charge is -2.08. The Morgan fingerprint density at radius 3 is 2.45 bits per heavy atom. The molecule has 0 amide bonds. The first-order valence-electron chi connectivity index (χ1n) is 6.76. The number of aromatic nitrogens is 2. The molecule has 0 bridgehead atoms. The SMILES string of the molecule is CCn1ccc(=O)n(CCCc2ccc(N)cc2)c1=O. The summed E-state index contributed by atoms with van der Waals surface area (Å²) in [5.41, 5.74) is 7.04. The van der Waals surface area contributed by atoms with E-state index in [1.807, 2.05) is 31.2 Å². The molecule has 5 nitrogen and oxygen atoms in total. The van der Waals surface area contributed by atoms with Gasteiger partial charge in [0.2, 0.25) is 0 Å². The van der Waals surface area contributed by atoms with Crippen LogP contribution in [0, 0.1) is 0 Å². The molecule has 2 aromatic rings. The molecule has 106 valence electrons. The highest BCUT2D eigenvalue weighted by molar-refractivity contribution is 5.39. The van der Waals surface area contributed by atoms with E-state index in [1.54, 1.807) is 6.20 Å². The van der Waals surface area contributed by atoms with Crippen LogP contribution in [-0.2, 0) is 19.5 Å². The summed E-state index contributed by atoms with van der Waals surface area (Å²) in [6.45, 7) is 2.88. The number of hydrogen-bond donors (Lipinski definition) is 1. The molecule has 0 fully saturated rings. The molecule has 0 aliphatic rings. The van der Waals surface area contributed by atoms with Gasteiger partial charge >= 0.3 is 5.69 Å². The Morgan fingerprint density at radius 2 is 1.80 bits per heavy atom. The maximum atomic E-state index is 12.0. The van der Waals surface area contributed by atoms with Crippen molar-refractivity contribution in [1.82, 2.24) is 9.13 Å². The van der Waals surface area contributed by atoms with Gasteiger partial charge in [-0.25, -0.2) is 4.79 Å². The normalized spacial score (nSPS) is 10.7. The Kier molecular flexibility index (Phi) is 4.40. The first kappa shape index (κ1) is 14.1. The highest BCUT2D eigenvalue weighted by Crippen LogP contribution is 2.07. The lowest BCUT2D eigenvalue weighted by atomic mass is 10.1. The van der Waals surface area contributed by atoms with E-state index in [9.17, 15) is 9.59 Å². The highest BCUT2D eigenvalue weighted by atomic mass is 16.2. The molecule has 0 radical (unpaired) electrons. The molecule has 0 saturated heterocycles. The second-order valence-electron chi connectivity index (χ2n) is 4.72.